The summed E-state index contributed by atoms with van der Waals surface area (Å²) in [4.78, 5) is 12.8. The minimum Gasteiger partial charge on any atom is -0.352 e. The Labute approximate surface area is 187 Å². The van der Waals surface area contributed by atoms with Gasteiger partial charge in [-0.1, -0.05) is 54.1 Å². The fourth-order valence-corrected chi connectivity index (χ4v) is 5.63. The third-order valence-corrected chi connectivity index (χ3v) is 7.69. The minimum atomic E-state index is -3.90. The second kappa shape index (κ2) is 9.22. The molecule has 0 saturated carbocycles. The van der Waals surface area contributed by atoms with E-state index in [4.69, 9.17) is 0 Å². The predicted molar refractivity (Wildman–Crippen MR) is 121 cm³/mol. The Morgan fingerprint density at radius 1 is 1.03 bits per heavy atom. The molecule has 0 spiro atoms. The SMILES string of the molecule is Cc1ccc(CNC(=O)C[C@@H]2c3ccccc3CCN2S(=O)(=O)c2ccc(F)cc2)cc1. The monoisotopic (exact) mass is 452 g/mol. The number of benzene rings is 3. The van der Waals surface area contributed by atoms with Crippen LogP contribution in [0, 0.1) is 12.7 Å². The Kier molecular flexibility index (Phi) is 6.39. The largest absolute Gasteiger partial charge is 0.352 e. The molecule has 0 aliphatic carbocycles. The molecule has 3 aromatic carbocycles. The van der Waals surface area contributed by atoms with E-state index < -0.39 is 21.9 Å². The van der Waals surface area contributed by atoms with E-state index in [0.717, 1.165) is 34.4 Å². The van der Waals surface area contributed by atoms with Crippen molar-refractivity contribution in [2.24, 2.45) is 0 Å². The summed E-state index contributed by atoms with van der Waals surface area (Å²) in [5, 5.41) is 2.91. The van der Waals surface area contributed by atoms with Gasteiger partial charge in [-0.2, -0.15) is 4.31 Å². The van der Waals surface area contributed by atoms with Crippen molar-refractivity contribution in [3.63, 3.8) is 0 Å². The molecule has 0 aromatic heterocycles. The van der Waals surface area contributed by atoms with Crippen molar-refractivity contribution in [3.8, 4) is 0 Å². The van der Waals surface area contributed by atoms with E-state index in [1.165, 1.54) is 16.4 Å². The summed E-state index contributed by atoms with van der Waals surface area (Å²) in [7, 11) is -3.90. The van der Waals surface area contributed by atoms with Crippen LogP contribution in [-0.4, -0.2) is 25.2 Å². The van der Waals surface area contributed by atoms with Gasteiger partial charge in [0.25, 0.3) is 0 Å². The lowest BCUT2D eigenvalue weighted by Crippen LogP contribution is -2.42. The van der Waals surface area contributed by atoms with Crippen LogP contribution in [0.1, 0.15) is 34.7 Å². The first kappa shape index (κ1) is 22.2. The maximum absolute atomic E-state index is 13.4. The van der Waals surface area contributed by atoms with E-state index in [0.29, 0.717) is 13.0 Å². The molecule has 3 aromatic rings. The summed E-state index contributed by atoms with van der Waals surface area (Å²) in [5.41, 5.74) is 3.98. The number of halogens is 1. The number of sulfonamides is 1. The molecule has 4 rings (SSSR count). The molecule has 1 N–H and O–H groups in total. The number of nitrogens with one attached hydrogen (secondary N) is 1. The Bertz CT molecular complexity index is 1210. The average Bonchev–Trinajstić information content (AvgIpc) is 2.79. The van der Waals surface area contributed by atoms with Crippen molar-refractivity contribution in [2.75, 3.05) is 6.54 Å². The van der Waals surface area contributed by atoms with E-state index >= 15 is 0 Å². The third-order valence-electron chi connectivity index (χ3n) is 5.77. The topological polar surface area (TPSA) is 66.5 Å². The first-order chi connectivity index (χ1) is 15.3. The smallest absolute Gasteiger partial charge is 0.243 e. The lowest BCUT2D eigenvalue weighted by Gasteiger charge is -2.36. The highest BCUT2D eigenvalue weighted by atomic mass is 32.2. The van der Waals surface area contributed by atoms with Crippen molar-refractivity contribution < 1.29 is 17.6 Å². The molecule has 0 radical (unpaired) electrons. The molecule has 5 nitrogen and oxygen atoms in total. The fourth-order valence-electron chi connectivity index (χ4n) is 4.02. The molecule has 0 saturated heterocycles. The molecular formula is C25H25FN2O3S. The zero-order chi connectivity index (χ0) is 22.7. The minimum absolute atomic E-state index is 0.00327. The van der Waals surface area contributed by atoms with Crippen LogP contribution in [0.25, 0.3) is 0 Å². The van der Waals surface area contributed by atoms with Gasteiger partial charge in [0, 0.05) is 19.5 Å². The maximum atomic E-state index is 13.4. The molecule has 0 unspecified atom stereocenters. The van der Waals surface area contributed by atoms with Crippen molar-refractivity contribution in [1.29, 1.82) is 0 Å². The highest BCUT2D eigenvalue weighted by Gasteiger charge is 2.37. The predicted octanol–water partition coefficient (Wildman–Crippen LogP) is 4.13. The molecule has 7 heteroatoms. The van der Waals surface area contributed by atoms with Gasteiger partial charge in [-0.15, -0.1) is 0 Å². The number of hydrogen-bond acceptors (Lipinski definition) is 3. The summed E-state index contributed by atoms with van der Waals surface area (Å²) >= 11 is 0. The number of amides is 1. The summed E-state index contributed by atoms with van der Waals surface area (Å²) in [6.45, 7) is 2.63. The number of fused-ring (bicyclic) bond motifs is 1. The second-order valence-electron chi connectivity index (χ2n) is 8.00. The zero-order valence-corrected chi connectivity index (χ0v) is 18.6. The first-order valence-electron chi connectivity index (χ1n) is 10.5. The first-order valence-corrected chi connectivity index (χ1v) is 12.0. The number of aryl methyl sites for hydroxylation is 1. The van der Waals surface area contributed by atoms with Gasteiger partial charge in [0.15, 0.2) is 0 Å². The lowest BCUT2D eigenvalue weighted by molar-refractivity contribution is -0.122. The van der Waals surface area contributed by atoms with Crippen LogP contribution >= 0.6 is 0 Å². The molecule has 1 amide bonds. The van der Waals surface area contributed by atoms with Gasteiger partial charge >= 0.3 is 0 Å². The van der Waals surface area contributed by atoms with Crippen molar-refractivity contribution in [3.05, 3.63) is 101 Å². The molecular weight excluding hydrogens is 427 g/mol. The van der Waals surface area contributed by atoms with Gasteiger partial charge in [-0.3, -0.25) is 4.79 Å². The molecule has 0 bridgehead atoms. The summed E-state index contributed by atoms with van der Waals surface area (Å²) in [6, 6.07) is 19.6. The number of rotatable bonds is 6. The summed E-state index contributed by atoms with van der Waals surface area (Å²) in [6.07, 6.45) is 0.557. The molecule has 32 heavy (non-hydrogen) atoms. The van der Waals surface area contributed by atoms with E-state index in [1.54, 1.807) is 0 Å². The number of hydrogen-bond donors (Lipinski definition) is 1. The van der Waals surface area contributed by atoms with Crippen LogP contribution in [-0.2, 0) is 27.8 Å². The van der Waals surface area contributed by atoms with E-state index in [9.17, 15) is 17.6 Å². The van der Waals surface area contributed by atoms with Crippen molar-refractivity contribution >= 4 is 15.9 Å². The molecule has 166 valence electrons. The van der Waals surface area contributed by atoms with Gasteiger partial charge in [0.1, 0.15) is 5.82 Å². The van der Waals surface area contributed by atoms with Crippen LogP contribution in [0.3, 0.4) is 0 Å². The quantitative estimate of drug-likeness (QED) is 0.612. The second-order valence-corrected chi connectivity index (χ2v) is 9.89. The average molecular weight is 453 g/mol. The van der Waals surface area contributed by atoms with E-state index in [-0.39, 0.29) is 23.8 Å². The van der Waals surface area contributed by atoms with Crippen molar-refractivity contribution in [2.45, 2.75) is 37.2 Å². The highest BCUT2D eigenvalue weighted by Crippen LogP contribution is 2.36. The number of nitrogens with zero attached hydrogens (tertiary/aromatic N) is 1. The number of carbonyl (C=O) groups is 1. The Morgan fingerprint density at radius 3 is 2.44 bits per heavy atom. The summed E-state index contributed by atoms with van der Waals surface area (Å²) in [5.74, 6) is -0.730. The van der Waals surface area contributed by atoms with Gasteiger partial charge in [0.2, 0.25) is 15.9 Å². The third kappa shape index (κ3) is 4.74. The molecule has 1 aliphatic heterocycles. The van der Waals surface area contributed by atoms with Crippen LogP contribution < -0.4 is 5.32 Å². The van der Waals surface area contributed by atoms with Gasteiger partial charge in [-0.25, -0.2) is 12.8 Å². The molecule has 1 aliphatic rings. The Hall–Kier alpha value is -3.03. The van der Waals surface area contributed by atoms with Crippen LogP contribution in [0.5, 0.6) is 0 Å². The van der Waals surface area contributed by atoms with Gasteiger partial charge < -0.3 is 5.32 Å². The fraction of sp³-hybridized carbons (Fsp3) is 0.240. The standard InChI is InChI=1S/C25H25FN2O3S/c1-18-6-8-19(9-7-18)17-27-25(29)16-24-23-5-3-2-4-20(23)14-15-28(24)32(30,31)22-12-10-21(26)11-13-22/h2-13,24H,14-17H2,1H3,(H,27,29)/t24-/m1/s1. The van der Waals surface area contributed by atoms with Crippen LogP contribution in [0.4, 0.5) is 4.39 Å². The van der Waals surface area contributed by atoms with E-state index in [2.05, 4.69) is 5.32 Å². The maximum Gasteiger partial charge on any atom is 0.243 e. The molecule has 1 heterocycles. The normalized spacial score (nSPS) is 16.4. The van der Waals surface area contributed by atoms with Gasteiger partial charge in [-0.05, 0) is 54.3 Å². The van der Waals surface area contributed by atoms with Gasteiger partial charge in [0.05, 0.1) is 10.9 Å². The number of carbonyl (C=O) groups excluding carboxylic acids is 1. The van der Waals surface area contributed by atoms with Crippen molar-refractivity contribution in [1.82, 2.24) is 9.62 Å². The highest BCUT2D eigenvalue weighted by molar-refractivity contribution is 7.89. The summed E-state index contributed by atoms with van der Waals surface area (Å²) < 4.78 is 41.5. The van der Waals surface area contributed by atoms with E-state index in [1.807, 2.05) is 55.5 Å². The Morgan fingerprint density at radius 2 is 1.72 bits per heavy atom. The molecule has 1 atom stereocenters. The van der Waals surface area contributed by atoms with Crippen LogP contribution in [0.15, 0.2) is 77.7 Å². The lowest BCUT2D eigenvalue weighted by atomic mass is 9.92. The Balaban J connectivity index is 1.58. The molecule has 0 fully saturated rings. The zero-order valence-electron chi connectivity index (χ0n) is 17.8. The van der Waals surface area contributed by atoms with Crippen LogP contribution in [0.2, 0.25) is 0 Å².